The molecule has 0 aliphatic heterocycles. The maximum atomic E-state index is 11.7. The average Bonchev–Trinajstić information content (AvgIpc) is 2.90. The van der Waals surface area contributed by atoms with Crippen molar-refractivity contribution in [2.75, 3.05) is 0 Å². The Morgan fingerprint density at radius 1 is 1.32 bits per heavy atom. The van der Waals surface area contributed by atoms with Crippen LogP contribution in [0.3, 0.4) is 0 Å². The second-order valence-corrected chi connectivity index (χ2v) is 4.99. The van der Waals surface area contributed by atoms with Gasteiger partial charge in [0, 0.05) is 17.0 Å². The fourth-order valence-corrected chi connectivity index (χ4v) is 2.27. The molecule has 0 bridgehead atoms. The highest BCUT2D eigenvalue weighted by molar-refractivity contribution is 7.09. The molecule has 19 heavy (non-hydrogen) atoms. The Bertz CT molecular complexity index is 581. The molecule has 1 N–H and O–H groups in total. The molecule has 0 spiro atoms. The Hall–Kier alpha value is -2.21. The van der Waals surface area contributed by atoms with Gasteiger partial charge in [0.15, 0.2) is 0 Å². The highest BCUT2D eigenvalue weighted by Gasteiger charge is 2.08. The second-order valence-electron chi connectivity index (χ2n) is 3.96. The standard InChI is InChI=1S/C13H12N2O3S/c16-13(14-9-12-5-2-6-19-12)8-10-3-1-4-11(7-10)15(17)18/h1-7H,8-9H2,(H,14,16). The topological polar surface area (TPSA) is 72.2 Å². The van der Waals surface area contributed by atoms with Gasteiger partial charge in [0.05, 0.1) is 17.9 Å². The van der Waals surface area contributed by atoms with Crippen LogP contribution in [0.15, 0.2) is 41.8 Å². The first kappa shape index (κ1) is 13.2. The van der Waals surface area contributed by atoms with Crippen molar-refractivity contribution < 1.29 is 9.72 Å². The van der Waals surface area contributed by atoms with Gasteiger partial charge in [-0.05, 0) is 17.0 Å². The number of non-ortho nitro benzene ring substituents is 1. The van der Waals surface area contributed by atoms with Crippen molar-refractivity contribution in [3.8, 4) is 0 Å². The van der Waals surface area contributed by atoms with Crippen molar-refractivity contribution in [1.82, 2.24) is 5.32 Å². The fraction of sp³-hybridized carbons (Fsp3) is 0.154. The summed E-state index contributed by atoms with van der Waals surface area (Å²) in [5, 5.41) is 15.4. The Labute approximate surface area is 114 Å². The average molecular weight is 276 g/mol. The Kier molecular flexibility index (Phi) is 4.25. The molecule has 0 atom stereocenters. The summed E-state index contributed by atoms with van der Waals surface area (Å²) in [5.74, 6) is -0.145. The minimum atomic E-state index is -0.465. The van der Waals surface area contributed by atoms with Crippen molar-refractivity contribution >= 4 is 22.9 Å². The molecule has 1 amide bonds. The lowest BCUT2D eigenvalue weighted by Crippen LogP contribution is -2.24. The summed E-state index contributed by atoms with van der Waals surface area (Å²) in [6.07, 6.45) is 0.146. The number of benzene rings is 1. The van der Waals surface area contributed by atoms with E-state index in [1.165, 1.54) is 12.1 Å². The summed E-state index contributed by atoms with van der Waals surface area (Å²) in [6, 6.07) is 9.99. The summed E-state index contributed by atoms with van der Waals surface area (Å²) in [6.45, 7) is 0.491. The summed E-state index contributed by atoms with van der Waals surface area (Å²) in [4.78, 5) is 22.9. The van der Waals surface area contributed by atoms with Gasteiger partial charge in [0.2, 0.25) is 5.91 Å². The largest absolute Gasteiger partial charge is 0.351 e. The molecule has 0 saturated heterocycles. The van der Waals surface area contributed by atoms with E-state index in [1.54, 1.807) is 23.5 Å². The quantitative estimate of drug-likeness (QED) is 0.673. The van der Waals surface area contributed by atoms with Crippen LogP contribution in [-0.4, -0.2) is 10.8 Å². The van der Waals surface area contributed by atoms with Gasteiger partial charge in [-0.3, -0.25) is 14.9 Å². The minimum absolute atomic E-state index is 0.00329. The molecule has 5 nitrogen and oxygen atoms in total. The van der Waals surface area contributed by atoms with Gasteiger partial charge in [0.1, 0.15) is 0 Å². The first-order valence-electron chi connectivity index (χ1n) is 5.67. The zero-order valence-corrected chi connectivity index (χ0v) is 10.9. The van der Waals surface area contributed by atoms with Crippen molar-refractivity contribution in [3.63, 3.8) is 0 Å². The summed E-state index contributed by atoms with van der Waals surface area (Å²) in [7, 11) is 0. The van der Waals surface area contributed by atoms with Gasteiger partial charge >= 0.3 is 0 Å². The van der Waals surface area contributed by atoms with Crippen molar-refractivity contribution in [3.05, 3.63) is 62.3 Å². The number of amides is 1. The zero-order chi connectivity index (χ0) is 13.7. The molecule has 1 heterocycles. The van der Waals surface area contributed by atoms with Crippen LogP contribution >= 0.6 is 11.3 Å². The molecule has 2 aromatic rings. The predicted molar refractivity (Wildman–Crippen MR) is 73.0 cm³/mol. The monoisotopic (exact) mass is 276 g/mol. The van der Waals surface area contributed by atoms with Gasteiger partial charge in [-0.1, -0.05) is 18.2 Å². The minimum Gasteiger partial charge on any atom is -0.351 e. The number of thiophene rings is 1. The Morgan fingerprint density at radius 3 is 2.84 bits per heavy atom. The first-order chi connectivity index (χ1) is 9.15. The number of nitro benzene ring substituents is 1. The van der Waals surface area contributed by atoms with Gasteiger partial charge in [-0.15, -0.1) is 11.3 Å². The number of carbonyl (C=O) groups is 1. The van der Waals surface area contributed by atoms with Crippen LogP contribution in [0.5, 0.6) is 0 Å². The molecule has 0 saturated carbocycles. The normalized spacial score (nSPS) is 10.1. The van der Waals surface area contributed by atoms with Gasteiger partial charge < -0.3 is 5.32 Å². The van der Waals surface area contributed by atoms with Crippen molar-refractivity contribution in [1.29, 1.82) is 0 Å². The van der Waals surface area contributed by atoms with Crippen LogP contribution in [0, 0.1) is 10.1 Å². The molecule has 0 unspecified atom stereocenters. The number of hydrogen-bond acceptors (Lipinski definition) is 4. The fourth-order valence-electron chi connectivity index (χ4n) is 1.63. The smallest absolute Gasteiger partial charge is 0.269 e. The van der Waals surface area contributed by atoms with Crippen LogP contribution in [0.1, 0.15) is 10.4 Å². The van der Waals surface area contributed by atoms with Crippen molar-refractivity contribution in [2.24, 2.45) is 0 Å². The lowest BCUT2D eigenvalue weighted by atomic mass is 10.1. The van der Waals surface area contributed by atoms with E-state index >= 15 is 0 Å². The third-order valence-electron chi connectivity index (χ3n) is 2.53. The number of rotatable bonds is 5. The van der Waals surface area contributed by atoms with E-state index in [0.29, 0.717) is 12.1 Å². The van der Waals surface area contributed by atoms with Crippen LogP contribution in [0.4, 0.5) is 5.69 Å². The maximum Gasteiger partial charge on any atom is 0.269 e. The van der Waals surface area contributed by atoms with E-state index in [2.05, 4.69) is 5.32 Å². The van der Waals surface area contributed by atoms with E-state index in [0.717, 1.165) is 4.88 Å². The number of hydrogen-bond donors (Lipinski definition) is 1. The summed E-state index contributed by atoms with van der Waals surface area (Å²) in [5.41, 5.74) is 0.640. The SMILES string of the molecule is O=C(Cc1cccc([N+](=O)[O-])c1)NCc1cccs1. The molecular formula is C13H12N2O3S. The van der Waals surface area contributed by atoms with E-state index in [-0.39, 0.29) is 18.0 Å². The van der Waals surface area contributed by atoms with E-state index < -0.39 is 4.92 Å². The maximum absolute atomic E-state index is 11.7. The molecular weight excluding hydrogens is 264 g/mol. The molecule has 0 aliphatic carbocycles. The molecule has 2 rings (SSSR count). The predicted octanol–water partition coefficient (Wildman–Crippen LogP) is 2.52. The Balaban J connectivity index is 1.91. The van der Waals surface area contributed by atoms with Crippen molar-refractivity contribution in [2.45, 2.75) is 13.0 Å². The molecule has 6 heteroatoms. The van der Waals surface area contributed by atoms with Crippen LogP contribution in [0.25, 0.3) is 0 Å². The molecule has 98 valence electrons. The number of carbonyl (C=O) groups excluding carboxylic acids is 1. The van der Waals surface area contributed by atoms with Crippen LogP contribution in [0.2, 0.25) is 0 Å². The number of nitro groups is 1. The molecule has 1 aromatic carbocycles. The third kappa shape index (κ3) is 3.89. The van der Waals surface area contributed by atoms with Gasteiger partial charge in [-0.2, -0.15) is 0 Å². The van der Waals surface area contributed by atoms with E-state index in [9.17, 15) is 14.9 Å². The molecule has 1 aromatic heterocycles. The summed E-state index contributed by atoms with van der Waals surface area (Å²) < 4.78 is 0. The second kappa shape index (κ2) is 6.10. The molecule has 0 radical (unpaired) electrons. The molecule has 0 aliphatic rings. The van der Waals surface area contributed by atoms with Gasteiger partial charge in [0.25, 0.3) is 5.69 Å². The zero-order valence-electron chi connectivity index (χ0n) is 10.0. The lowest BCUT2D eigenvalue weighted by molar-refractivity contribution is -0.384. The van der Waals surface area contributed by atoms with E-state index in [4.69, 9.17) is 0 Å². The third-order valence-corrected chi connectivity index (χ3v) is 3.40. The summed E-state index contributed by atoms with van der Waals surface area (Å²) >= 11 is 1.57. The highest BCUT2D eigenvalue weighted by atomic mass is 32.1. The Morgan fingerprint density at radius 2 is 2.16 bits per heavy atom. The number of nitrogens with zero attached hydrogens (tertiary/aromatic N) is 1. The molecule has 0 fully saturated rings. The lowest BCUT2D eigenvalue weighted by Gasteiger charge is -2.03. The van der Waals surface area contributed by atoms with Gasteiger partial charge in [-0.25, -0.2) is 0 Å². The number of nitrogens with one attached hydrogen (secondary N) is 1. The van der Waals surface area contributed by atoms with E-state index in [1.807, 2.05) is 17.5 Å². The highest BCUT2D eigenvalue weighted by Crippen LogP contribution is 2.13. The van der Waals surface area contributed by atoms with Crippen LogP contribution in [-0.2, 0) is 17.8 Å². The first-order valence-corrected chi connectivity index (χ1v) is 6.55. The van der Waals surface area contributed by atoms with Crippen LogP contribution < -0.4 is 5.32 Å².